The Balaban J connectivity index is 2.98. The maximum Gasteiger partial charge on any atom is 0.223 e. The molecule has 96 valence electrons. The highest BCUT2D eigenvalue weighted by atomic mass is 16.3. The molecule has 0 aromatic carbocycles. The van der Waals surface area contributed by atoms with E-state index < -0.39 is 0 Å². The summed E-state index contributed by atoms with van der Waals surface area (Å²) in [7, 11) is 7.89. The average molecular weight is 239 g/mol. The van der Waals surface area contributed by atoms with E-state index in [4.69, 9.17) is 0 Å². The van der Waals surface area contributed by atoms with Gasteiger partial charge in [-0.2, -0.15) is 0 Å². The second-order valence-corrected chi connectivity index (χ2v) is 4.75. The Hall–Kier alpha value is -1.33. The van der Waals surface area contributed by atoms with Gasteiger partial charge in [0.05, 0.1) is 6.20 Å². The molecule has 1 aromatic heterocycles. The third-order valence-corrected chi connectivity index (χ3v) is 2.46. The zero-order chi connectivity index (χ0) is 13.0. The topological polar surface area (TPSA) is 48.7 Å². The van der Waals surface area contributed by atoms with Crippen LogP contribution in [0.15, 0.2) is 17.1 Å². The molecule has 1 heterocycles. The molecule has 5 nitrogen and oxygen atoms in total. The zero-order valence-corrected chi connectivity index (χ0v) is 11.0. The van der Waals surface area contributed by atoms with Crippen molar-refractivity contribution >= 4 is 0 Å². The maximum absolute atomic E-state index is 11.4. The van der Waals surface area contributed by atoms with Crippen LogP contribution in [-0.2, 0) is 13.1 Å². The Bertz CT molecular complexity index is 424. The Labute approximate surface area is 102 Å². The van der Waals surface area contributed by atoms with Crippen LogP contribution in [0.3, 0.4) is 0 Å². The molecule has 0 bridgehead atoms. The van der Waals surface area contributed by atoms with Crippen molar-refractivity contribution in [3.63, 3.8) is 0 Å². The van der Waals surface area contributed by atoms with Gasteiger partial charge in [0.25, 0.3) is 0 Å². The molecule has 0 radical (unpaired) electrons. The lowest BCUT2D eigenvalue weighted by molar-refractivity contribution is 0.353. The summed E-state index contributed by atoms with van der Waals surface area (Å²) in [6.07, 6.45) is 1.52. The Morgan fingerprint density at radius 2 is 1.88 bits per heavy atom. The van der Waals surface area contributed by atoms with E-state index in [0.29, 0.717) is 6.54 Å². The van der Waals surface area contributed by atoms with Crippen molar-refractivity contribution in [2.75, 3.05) is 34.7 Å². The predicted molar refractivity (Wildman–Crippen MR) is 68.3 cm³/mol. The molecule has 0 saturated carbocycles. The summed E-state index contributed by atoms with van der Waals surface area (Å²) in [5, 5.41) is 9.46. The number of nitrogens with zero attached hydrogens (tertiary/aromatic N) is 3. The zero-order valence-electron chi connectivity index (χ0n) is 11.0. The van der Waals surface area contributed by atoms with E-state index >= 15 is 0 Å². The summed E-state index contributed by atoms with van der Waals surface area (Å²) in [6.45, 7) is 2.30. The predicted octanol–water partition coefficient (Wildman–Crippen LogP) is 0.177. The van der Waals surface area contributed by atoms with Gasteiger partial charge in [-0.3, -0.25) is 4.79 Å². The van der Waals surface area contributed by atoms with E-state index in [1.807, 2.05) is 37.7 Å². The summed E-state index contributed by atoms with van der Waals surface area (Å²) in [4.78, 5) is 15.5. The molecule has 1 aromatic rings. The van der Waals surface area contributed by atoms with Gasteiger partial charge in [0, 0.05) is 31.4 Å². The van der Waals surface area contributed by atoms with Crippen molar-refractivity contribution in [3.05, 3.63) is 28.2 Å². The summed E-state index contributed by atoms with van der Waals surface area (Å²) < 4.78 is 1.93. The van der Waals surface area contributed by atoms with E-state index in [1.54, 1.807) is 0 Å². The number of aromatic nitrogens is 1. The first-order valence-electron chi connectivity index (χ1n) is 5.62. The third-order valence-electron chi connectivity index (χ3n) is 2.46. The number of aromatic hydroxyl groups is 1. The van der Waals surface area contributed by atoms with E-state index in [0.717, 1.165) is 18.8 Å². The summed E-state index contributed by atoms with van der Waals surface area (Å²) in [5.41, 5.74) is 0.600. The molecule has 0 aliphatic heterocycles. The standard InChI is InChI=1S/C12H21N3O2/c1-13(2)5-6-15-9-12(17)11(16)7-10(15)8-14(3)4/h7,9,17H,5-6,8H2,1-4H3. The van der Waals surface area contributed by atoms with Crippen molar-refractivity contribution in [1.29, 1.82) is 0 Å². The van der Waals surface area contributed by atoms with Crippen LogP contribution in [0, 0.1) is 0 Å². The van der Waals surface area contributed by atoms with Crippen molar-refractivity contribution in [2.24, 2.45) is 0 Å². The monoisotopic (exact) mass is 239 g/mol. The van der Waals surface area contributed by atoms with Crippen LogP contribution in [0.2, 0.25) is 0 Å². The lowest BCUT2D eigenvalue weighted by Gasteiger charge is -2.18. The number of hydrogen-bond donors (Lipinski definition) is 1. The van der Waals surface area contributed by atoms with Gasteiger partial charge in [0.1, 0.15) is 0 Å². The first-order valence-corrected chi connectivity index (χ1v) is 5.62. The highest BCUT2D eigenvalue weighted by Gasteiger charge is 2.07. The minimum atomic E-state index is -0.317. The average Bonchev–Trinajstić information content (AvgIpc) is 2.20. The number of hydrogen-bond acceptors (Lipinski definition) is 4. The molecule has 0 fully saturated rings. The molecule has 5 heteroatoms. The number of likely N-dealkylation sites (N-methyl/N-ethyl adjacent to an activating group) is 1. The quantitative estimate of drug-likeness (QED) is 0.796. The molecule has 0 aliphatic rings. The van der Waals surface area contributed by atoms with Crippen LogP contribution in [0.1, 0.15) is 5.69 Å². The van der Waals surface area contributed by atoms with Crippen molar-refractivity contribution in [3.8, 4) is 5.75 Å². The lowest BCUT2D eigenvalue weighted by atomic mass is 10.3. The first kappa shape index (κ1) is 13.7. The molecule has 1 rings (SSSR count). The molecule has 1 N–H and O–H groups in total. The number of pyridine rings is 1. The molecule has 0 saturated heterocycles. The van der Waals surface area contributed by atoms with Gasteiger partial charge < -0.3 is 19.5 Å². The van der Waals surface area contributed by atoms with Crippen LogP contribution in [0.5, 0.6) is 5.75 Å². The van der Waals surface area contributed by atoms with Crippen LogP contribution >= 0.6 is 0 Å². The fourth-order valence-corrected chi connectivity index (χ4v) is 1.58. The van der Waals surface area contributed by atoms with Crippen molar-refractivity contribution in [2.45, 2.75) is 13.1 Å². The maximum atomic E-state index is 11.4. The summed E-state index contributed by atoms with van der Waals surface area (Å²) in [5.74, 6) is -0.189. The van der Waals surface area contributed by atoms with Gasteiger partial charge in [-0.15, -0.1) is 0 Å². The van der Waals surface area contributed by atoms with Crippen molar-refractivity contribution < 1.29 is 5.11 Å². The normalized spacial score (nSPS) is 11.4. The van der Waals surface area contributed by atoms with Crippen LogP contribution in [0.25, 0.3) is 0 Å². The van der Waals surface area contributed by atoms with Gasteiger partial charge >= 0.3 is 0 Å². The second-order valence-electron chi connectivity index (χ2n) is 4.75. The molecule has 0 atom stereocenters. The van der Waals surface area contributed by atoms with Gasteiger partial charge in [-0.1, -0.05) is 0 Å². The lowest BCUT2D eigenvalue weighted by Crippen LogP contribution is -2.24. The highest BCUT2D eigenvalue weighted by molar-refractivity contribution is 5.20. The fraction of sp³-hybridized carbons (Fsp3) is 0.583. The molecular weight excluding hydrogens is 218 g/mol. The van der Waals surface area contributed by atoms with Gasteiger partial charge in [0.15, 0.2) is 5.75 Å². The minimum Gasteiger partial charge on any atom is -0.503 e. The Morgan fingerprint density at radius 3 is 2.41 bits per heavy atom. The molecule has 0 spiro atoms. The summed E-state index contributed by atoms with van der Waals surface area (Å²) in [6, 6.07) is 1.50. The minimum absolute atomic E-state index is 0.189. The molecule has 0 amide bonds. The molecular formula is C12H21N3O2. The van der Waals surface area contributed by atoms with Gasteiger partial charge in [-0.25, -0.2) is 0 Å². The third kappa shape index (κ3) is 4.20. The van der Waals surface area contributed by atoms with Gasteiger partial charge in [-0.05, 0) is 28.2 Å². The van der Waals surface area contributed by atoms with Crippen LogP contribution in [0.4, 0.5) is 0 Å². The van der Waals surface area contributed by atoms with E-state index in [9.17, 15) is 9.90 Å². The van der Waals surface area contributed by atoms with Crippen LogP contribution < -0.4 is 5.43 Å². The van der Waals surface area contributed by atoms with E-state index in [2.05, 4.69) is 4.90 Å². The second kappa shape index (κ2) is 5.84. The Kier molecular flexibility index (Phi) is 4.72. The fourth-order valence-electron chi connectivity index (χ4n) is 1.58. The largest absolute Gasteiger partial charge is 0.503 e. The van der Waals surface area contributed by atoms with Gasteiger partial charge in [0.2, 0.25) is 5.43 Å². The molecule has 0 aliphatic carbocycles. The summed E-state index contributed by atoms with van der Waals surface area (Å²) >= 11 is 0. The first-order chi connectivity index (χ1) is 7.90. The highest BCUT2D eigenvalue weighted by Crippen LogP contribution is 2.07. The Morgan fingerprint density at radius 1 is 1.24 bits per heavy atom. The SMILES string of the molecule is CN(C)CCn1cc(O)c(=O)cc1CN(C)C. The number of rotatable bonds is 5. The molecule has 17 heavy (non-hydrogen) atoms. The van der Waals surface area contributed by atoms with E-state index in [-0.39, 0.29) is 11.2 Å². The smallest absolute Gasteiger partial charge is 0.223 e. The van der Waals surface area contributed by atoms with Crippen molar-refractivity contribution in [1.82, 2.24) is 14.4 Å². The van der Waals surface area contributed by atoms with E-state index in [1.165, 1.54) is 12.3 Å². The van der Waals surface area contributed by atoms with Crippen LogP contribution in [-0.4, -0.2) is 54.2 Å². The molecule has 0 unspecified atom stereocenters.